The van der Waals surface area contributed by atoms with Crippen LogP contribution in [0.4, 0.5) is 0 Å². The molecule has 0 aliphatic carbocycles. The van der Waals surface area contributed by atoms with Gasteiger partial charge in [-0.05, 0) is 36.6 Å². The Morgan fingerprint density at radius 1 is 1.04 bits per heavy atom. The topological polar surface area (TPSA) is 85.2 Å². The summed E-state index contributed by atoms with van der Waals surface area (Å²) in [5, 5.41) is 19.2. The van der Waals surface area contributed by atoms with E-state index in [1.165, 1.54) is 0 Å². The van der Waals surface area contributed by atoms with E-state index in [9.17, 15) is 9.90 Å². The fourth-order valence-corrected chi connectivity index (χ4v) is 2.52. The molecule has 0 bridgehead atoms. The van der Waals surface area contributed by atoms with Crippen LogP contribution in [-0.2, 0) is 11.2 Å². The van der Waals surface area contributed by atoms with E-state index in [4.69, 9.17) is 19.3 Å². The average molecular weight is 346 g/mol. The lowest BCUT2D eigenvalue weighted by molar-refractivity contribution is -0.139. The molecule has 0 aliphatic rings. The third kappa shape index (κ3) is 5.12. The second-order valence-corrected chi connectivity index (χ2v) is 5.46. The largest absolute Gasteiger partial charge is 0.493 e. The second kappa shape index (κ2) is 8.94. The highest BCUT2D eigenvalue weighted by molar-refractivity contribution is 5.68. The quantitative estimate of drug-likeness (QED) is 0.726. The number of para-hydroxylation sites is 1. The number of aliphatic carboxylic acids is 1. The fourth-order valence-electron chi connectivity index (χ4n) is 2.52. The smallest absolute Gasteiger partial charge is 0.341 e. The van der Waals surface area contributed by atoms with Gasteiger partial charge in [0.2, 0.25) is 0 Å². The van der Waals surface area contributed by atoms with Gasteiger partial charge in [0.1, 0.15) is 5.75 Å². The lowest BCUT2D eigenvalue weighted by Gasteiger charge is -2.16. The first-order valence-electron chi connectivity index (χ1n) is 7.87. The molecule has 6 nitrogen and oxygen atoms in total. The van der Waals surface area contributed by atoms with Gasteiger partial charge in [-0.25, -0.2) is 4.79 Å². The third-order valence-corrected chi connectivity index (χ3v) is 3.78. The Morgan fingerprint density at radius 2 is 1.76 bits per heavy atom. The first kappa shape index (κ1) is 18.6. The summed E-state index contributed by atoms with van der Waals surface area (Å²) in [6.07, 6.45) is 0.315. The van der Waals surface area contributed by atoms with Crippen molar-refractivity contribution in [2.24, 2.45) is 0 Å². The van der Waals surface area contributed by atoms with Crippen molar-refractivity contribution in [3.05, 3.63) is 53.6 Å². The minimum absolute atomic E-state index is 0.379. The van der Waals surface area contributed by atoms with Gasteiger partial charge in [0, 0.05) is 5.56 Å². The Bertz CT molecular complexity index is 713. The lowest BCUT2D eigenvalue weighted by atomic mass is 10.0. The molecule has 0 fully saturated rings. The Labute approximate surface area is 146 Å². The molecule has 2 aromatic rings. The SMILES string of the molecule is COc1ccc(CC[C@@H](O)c2ccccc2OCC(=O)O)cc1OC. The van der Waals surface area contributed by atoms with Gasteiger partial charge in [-0.2, -0.15) is 0 Å². The van der Waals surface area contributed by atoms with E-state index in [0.29, 0.717) is 35.7 Å². The van der Waals surface area contributed by atoms with Crippen molar-refractivity contribution in [1.82, 2.24) is 0 Å². The van der Waals surface area contributed by atoms with Crippen LogP contribution < -0.4 is 14.2 Å². The molecule has 1 atom stereocenters. The first-order chi connectivity index (χ1) is 12.0. The molecule has 25 heavy (non-hydrogen) atoms. The van der Waals surface area contributed by atoms with Crippen LogP contribution in [0.1, 0.15) is 23.7 Å². The van der Waals surface area contributed by atoms with Crippen molar-refractivity contribution in [1.29, 1.82) is 0 Å². The monoisotopic (exact) mass is 346 g/mol. The molecule has 0 spiro atoms. The number of carbonyl (C=O) groups is 1. The fraction of sp³-hybridized carbons (Fsp3) is 0.316. The maximum absolute atomic E-state index is 10.7. The minimum atomic E-state index is -1.06. The van der Waals surface area contributed by atoms with Crippen LogP contribution in [0.3, 0.4) is 0 Å². The zero-order valence-electron chi connectivity index (χ0n) is 14.3. The zero-order valence-corrected chi connectivity index (χ0v) is 14.3. The summed E-state index contributed by atoms with van der Waals surface area (Å²) < 4.78 is 15.7. The molecule has 0 saturated heterocycles. The molecule has 0 saturated carbocycles. The standard InChI is InChI=1S/C19H22O6/c1-23-17-10-8-13(11-18(17)24-2)7-9-15(20)14-5-3-4-6-16(14)25-12-19(21)22/h3-6,8,10-11,15,20H,7,9,12H2,1-2H3,(H,21,22)/t15-/m1/s1. The molecule has 2 N–H and O–H groups in total. The van der Waals surface area contributed by atoms with Crippen LogP contribution in [0.2, 0.25) is 0 Å². The molecule has 0 radical (unpaired) electrons. The van der Waals surface area contributed by atoms with Gasteiger partial charge in [-0.1, -0.05) is 24.3 Å². The van der Waals surface area contributed by atoms with E-state index in [-0.39, 0.29) is 0 Å². The number of hydrogen-bond acceptors (Lipinski definition) is 5. The number of benzene rings is 2. The number of carboxylic acids is 1. The van der Waals surface area contributed by atoms with Crippen molar-refractivity contribution >= 4 is 5.97 Å². The van der Waals surface area contributed by atoms with Crippen LogP contribution in [0.5, 0.6) is 17.2 Å². The van der Waals surface area contributed by atoms with E-state index in [1.54, 1.807) is 38.5 Å². The van der Waals surface area contributed by atoms with Crippen LogP contribution in [0.15, 0.2) is 42.5 Å². The summed E-state index contributed by atoms with van der Waals surface area (Å²) in [5.41, 5.74) is 1.57. The lowest BCUT2D eigenvalue weighted by Crippen LogP contribution is -2.11. The van der Waals surface area contributed by atoms with Gasteiger partial charge >= 0.3 is 5.97 Å². The summed E-state index contributed by atoms with van der Waals surface area (Å²) in [6, 6.07) is 12.5. The average Bonchev–Trinajstić information content (AvgIpc) is 2.64. The molecular weight excluding hydrogens is 324 g/mol. The van der Waals surface area contributed by atoms with E-state index >= 15 is 0 Å². The summed E-state index contributed by atoms with van der Waals surface area (Å²) in [4.78, 5) is 10.7. The normalized spacial score (nSPS) is 11.6. The molecule has 134 valence electrons. The molecular formula is C19H22O6. The Morgan fingerprint density at radius 3 is 2.44 bits per heavy atom. The molecule has 2 aromatic carbocycles. The number of rotatable bonds is 9. The molecule has 0 amide bonds. The highest BCUT2D eigenvalue weighted by Crippen LogP contribution is 2.31. The molecule has 0 unspecified atom stereocenters. The number of aliphatic hydroxyl groups is 1. The van der Waals surface area contributed by atoms with E-state index in [1.807, 2.05) is 18.2 Å². The van der Waals surface area contributed by atoms with E-state index in [2.05, 4.69) is 0 Å². The predicted octanol–water partition coefficient (Wildman–Crippen LogP) is 2.83. The van der Waals surface area contributed by atoms with Crippen molar-refractivity contribution < 1.29 is 29.2 Å². The zero-order chi connectivity index (χ0) is 18.2. The number of hydrogen-bond donors (Lipinski definition) is 2. The first-order valence-corrected chi connectivity index (χ1v) is 7.87. The highest BCUT2D eigenvalue weighted by atomic mass is 16.5. The van der Waals surface area contributed by atoms with E-state index < -0.39 is 18.7 Å². The number of methoxy groups -OCH3 is 2. The van der Waals surface area contributed by atoms with Crippen molar-refractivity contribution in [2.45, 2.75) is 18.9 Å². The number of ether oxygens (including phenoxy) is 3. The van der Waals surface area contributed by atoms with Gasteiger partial charge in [0.05, 0.1) is 20.3 Å². The Balaban J connectivity index is 2.05. The number of aliphatic hydroxyl groups excluding tert-OH is 1. The third-order valence-electron chi connectivity index (χ3n) is 3.78. The minimum Gasteiger partial charge on any atom is -0.493 e. The maximum atomic E-state index is 10.7. The van der Waals surface area contributed by atoms with Gasteiger partial charge in [0.25, 0.3) is 0 Å². The molecule has 0 aromatic heterocycles. The van der Waals surface area contributed by atoms with Crippen LogP contribution in [0, 0.1) is 0 Å². The van der Waals surface area contributed by atoms with Crippen LogP contribution in [-0.4, -0.2) is 37.0 Å². The number of aryl methyl sites for hydroxylation is 1. The second-order valence-electron chi connectivity index (χ2n) is 5.46. The van der Waals surface area contributed by atoms with Gasteiger partial charge < -0.3 is 24.4 Å². The maximum Gasteiger partial charge on any atom is 0.341 e. The van der Waals surface area contributed by atoms with Crippen molar-refractivity contribution in [3.63, 3.8) is 0 Å². The highest BCUT2D eigenvalue weighted by Gasteiger charge is 2.15. The summed E-state index contributed by atoms with van der Waals surface area (Å²) in [7, 11) is 3.15. The molecule has 0 aliphatic heterocycles. The van der Waals surface area contributed by atoms with Gasteiger partial charge in [0.15, 0.2) is 18.1 Å². The Hall–Kier alpha value is -2.73. The molecule has 6 heteroatoms. The Kier molecular flexibility index (Phi) is 6.65. The van der Waals surface area contributed by atoms with E-state index in [0.717, 1.165) is 5.56 Å². The molecule has 0 heterocycles. The summed E-state index contributed by atoms with van der Waals surface area (Å²) >= 11 is 0. The van der Waals surface area contributed by atoms with Crippen molar-refractivity contribution in [2.75, 3.05) is 20.8 Å². The van der Waals surface area contributed by atoms with Crippen molar-refractivity contribution in [3.8, 4) is 17.2 Å². The molecule has 2 rings (SSSR count). The van der Waals surface area contributed by atoms with Gasteiger partial charge in [-0.15, -0.1) is 0 Å². The number of carboxylic acid groups (broad SMARTS) is 1. The predicted molar refractivity (Wildman–Crippen MR) is 92.4 cm³/mol. The summed E-state index contributed by atoms with van der Waals surface area (Å²) in [5.74, 6) is 0.609. The van der Waals surface area contributed by atoms with Crippen LogP contribution >= 0.6 is 0 Å². The van der Waals surface area contributed by atoms with Crippen LogP contribution in [0.25, 0.3) is 0 Å². The van der Waals surface area contributed by atoms with Gasteiger partial charge in [-0.3, -0.25) is 0 Å². The summed E-state index contributed by atoms with van der Waals surface area (Å²) in [6.45, 7) is -0.445.